The van der Waals surface area contributed by atoms with E-state index < -0.39 is 6.03 Å². The molecule has 0 unspecified atom stereocenters. The van der Waals surface area contributed by atoms with E-state index in [0.717, 1.165) is 6.54 Å². The van der Waals surface area contributed by atoms with Gasteiger partial charge in [-0.1, -0.05) is 30.1 Å². The van der Waals surface area contributed by atoms with E-state index >= 15 is 0 Å². The highest BCUT2D eigenvalue weighted by atomic mass is 35.5. The molecule has 0 aromatic heterocycles. The van der Waals surface area contributed by atoms with Gasteiger partial charge in [0.2, 0.25) is 0 Å². The second-order valence-corrected chi connectivity index (χ2v) is 9.38. The number of likely N-dealkylation sites (N-methyl/N-ethyl adjacent to an activating group) is 1. The summed E-state index contributed by atoms with van der Waals surface area (Å²) in [6, 6.07) is 9.26. The number of ether oxygens (including phenoxy) is 2. The molecule has 0 saturated carbocycles. The summed E-state index contributed by atoms with van der Waals surface area (Å²) in [7, 11) is 3.40. The second kappa shape index (κ2) is 11.8. The smallest absolute Gasteiger partial charge is 0.323 e. The Balaban J connectivity index is 1.81. The molecule has 3 rings (SSSR count). The molecular formula is C24H30Cl2N4O4. The molecule has 8 nitrogen and oxygen atoms in total. The zero-order valence-corrected chi connectivity index (χ0v) is 21.2. The summed E-state index contributed by atoms with van der Waals surface area (Å²) in [5, 5.41) is 9.70. The van der Waals surface area contributed by atoms with E-state index in [9.17, 15) is 9.59 Å². The van der Waals surface area contributed by atoms with Gasteiger partial charge in [0.05, 0.1) is 11.7 Å². The molecule has 1 aliphatic rings. The molecule has 184 valence electrons. The molecule has 2 aromatic rings. The predicted molar refractivity (Wildman–Crippen MR) is 135 cm³/mol. The van der Waals surface area contributed by atoms with Gasteiger partial charge in [-0.3, -0.25) is 4.79 Å². The first-order chi connectivity index (χ1) is 16.2. The fraction of sp³-hybridized carbons (Fsp3) is 0.417. The minimum atomic E-state index is -0.484. The third-order valence-corrected chi connectivity index (χ3v) is 6.04. The summed E-state index contributed by atoms with van der Waals surface area (Å²) in [4.78, 5) is 27.3. The molecule has 0 bridgehead atoms. The van der Waals surface area contributed by atoms with E-state index in [4.69, 9.17) is 32.7 Å². The minimum absolute atomic E-state index is 0.0487. The number of anilines is 2. The number of halogens is 2. The fourth-order valence-corrected chi connectivity index (χ4v) is 4.18. The molecular weight excluding hydrogens is 479 g/mol. The highest BCUT2D eigenvalue weighted by molar-refractivity contribution is 6.35. The number of nitrogens with zero attached hydrogens (tertiary/aromatic N) is 1. The van der Waals surface area contributed by atoms with Gasteiger partial charge in [0, 0.05) is 60.8 Å². The maximum atomic E-state index is 13.2. The van der Waals surface area contributed by atoms with Crippen LogP contribution >= 0.6 is 23.2 Å². The molecule has 0 spiro atoms. The first-order valence-corrected chi connectivity index (χ1v) is 11.7. The molecule has 34 heavy (non-hydrogen) atoms. The van der Waals surface area contributed by atoms with Crippen molar-refractivity contribution in [1.29, 1.82) is 0 Å². The van der Waals surface area contributed by atoms with Crippen molar-refractivity contribution in [1.82, 2.24) is 10.2 Å². The Kier molecular flexibility index (Phi) is 9.02. The van der Waals surface area contributed by atoms with Gasteiger partial charge in [-0.2, -0.15) is 0 Å². The lowest BCUT2D eigenvalue weighted by molar-refractivity contribution is 0.0281. The van der Waals surface area contributed by atoms with Gasteiger partial charge < -0.3 is 30.3 Å². The lowest BCUT2D eigenvalue weighted by Gasteiger charge is -2.30. The van der Waals surface area contributed by atoms with Crippen molar-refractivity contribution in [2.24, 2.45) is 5.92 Å². The molecule has 3 amide bonds. The predicted octanol–water partition coefficient (Wildman–Crippen LogP) is 4.73. The monoisotopic (exact) mass is 508 g/mol. The Bertz CT molecular complexity index is 1020. The van der Waals surface area contributed by atoms with Gasteiger partial charge in [0.1, 0.15) is 12.4 Å². The lowest BCUT2D eigenvalue weighted by atomic mass is 10.0. The van der Waals surface area contributed by atoms with Crippen LogP contribution in [0.3, 0.4) is 0 Å². The number of hydrogen-bond acceptors (Lipinski definition) is 5. The molecule has 0 fully saturated rings. The summed E-state index contributed by atoms with van der Waals surface area (Å²) < 4.78 is 11.6. The van der Waals surface area contributed by atoms with Gasteiger partial charge in [0.25, 0.3) is 5.91 Å². The van der Waals surface area contributed by atoms with Crippen LogP contribution in [0.1, 0.15) is 24.2 Å². The van der Waals surface area contributed by atoms with E-state index in [-0.39, 0.29) is 24.0 Å². The lowest BCUT2D eigenvalue weighted by Crippen LogP contribution is -2.44. The van der Waals surface area contributed by atoms with Gasteiger partial charge in [-0.05, 0) is 43.2 Å². The average molecular weight is 509 g/mol. The molecule has 3 N–H and O–H groups in total. The number of urea groups is 1. The van der Waals surface area contributed by atoms with Crippen LogP contribution < -0.4 is 20.7 Å². The Labute approximate surface area is 209 Å². The highest BCUT2D eigenvalue weighted by Gasteiger charge is 2.25. The number of carbonyl (C=O) groups is 2. The van der Waals surface area contributed by atoms with Crippen LogP contribution in [0.15, 0.2) is 36.4 Å². The molecule has 1 aliphatic heterocycles. The van der Waals surface area contributed by atoms with E-state index in [1.54, 1.807) is 55.5 Å². The number of carbonyl (C=O) groups excluding carboxylic acids is 2. The molecule has 2 aromatic carbocycles. The molecule has 0 saturated heterocycles. The van der Waals surface area contributed by atoms with E-state index in [1.165, 1.54) is 0 Å². The largest absolute Gasteiger partial charge is 0.491 e. The van der Waals surface area contributed by atoms with E-state index in [0.29, 0.717) is 45.9 Å². The van der Waals surface area contributed by atoms with Gasteiger partial charge >= 0.3 is 6.03 Å². The zero-order valence-electron chi connectivity index (χ0n) is 19.7. The van der Waals surface area contributed by atoms with Crippen molar-refractivity contribution in [2.45, 2.75) is 26.0 Å². The Morgan fingerprint density at radius 3 is 2.47 bits per heavy atom. The van der Waals surface area contributed by atoms with Gasteiger partial charge in [-0.15, -0.1) is 0 Å². The van der Waals surface area contributed by atoms with Crippen LogP contribution in [0, 0.1) is 5.92 Å². The zero-order chi connectivity index (χ0) is 24.8. The number of rotatable bonds is 3. The average Bonchev–Trinajstić information content (AvgIpc) is 2.77. The number of fused-ring (bicyclic) bond motifs is 1. The first kappa shape index (κ1) is 26.1. The van der Waals surface area contributed by atoms with Crippen molar-refractivity contribution < 1.29 is 19.1 Å². The van der Waals surface area contributed by atoms with Crippen LogP contribution in [0.4, 0.5) is 16.2 Å². The van der Waals surface area contributed by atoms with Crippen molar-refractivity contribution >= 4 is 46.5 Å². The van der Waals surface area contributed by atoms with Crippen LogP contribution in [-0.2, 0) is 4.74 Å². The Morgan fingerprint density at radius 1 is 1.12 bits per heavy atom. The molecule has 0 radical (unpaired) electrons. The van der Waals surface area contributed by atoms with E-state index in [2.05, 4.69) is 22.9 Å². The van der Waals surface area contributed by atoms with Crippen LogP contribution in [-0.4, -0.2) is 62.8 Å². The van der Waals surface area contributed by atoms with Crippen molar-refractivity contribution in [3.05, 3.63) is 52.0 Å². The van der Waals surface area contributed by atoms with Gasteiger partial charge in [0.15, 0.2) is 0 Å². The van der Waals surface area contributed by atoms with Crippen LogP contribution in [0.2, 0.25) is 10.0 Å². The molecule has 10 heteroatoms. The third-order valence-electron chi connectivity index (χ3n) is 5.61. The van der Waals surface area contributed by atoms with Gasteiger partial charge in [-0.25, -0.2) is 4.79 Å². The SMILES string of the molecule is CO[C@H]1CN(C)C(=O)c2ccc(NC(=O)Nc3cc(Cl)cc(Cl)c3)cc2OC[C@@H](C)NC[C@@H]1C. The highest BCUT2D eigenvalue weighted by Crippen LogP contribution is 2.27. The third kappa shape index (κ3) is 6.99. The Hall–Kier alpha value is -2.52. The number of amides is 3. The summed E-state index contributed by atoms with van der Waals surface area (Å²) in [6.45, 7) is 5.63. The summed E-state index contributed by atoms with van der Waals surface area (Å²) in [6.07, 6.45) is -0.109. The minimum Gasteiger partial charge on any atom is -0.491 e. The summed E-state index contributed by atoms with van der Waals surface area (Å²) >= 11 is 12.0. The summed E-state index contributed by atoms with van der Waals surface area (Å²) in [5.74, 6) is 0.410. The number of methoxy groups -OCH3 is 1. The fourth-order valence-electron chi connectivity index (χ4n) is 3.65. The summed E-state index contributed by atoms with van der Waals surface area (Å²) in [5.41, 5.74) is 1.33. The molecule has 0 aliphatic carbocycles. The van der Waals surface area contributed by atoms with Crippen molar-refractivity contribution in [3.63, 3.8) is 0 Å². The molecule has 1 heterocycles. The van der Waals surface area contributed by atoms with Crippen LogP contribution in [0.5, 0.6) is 5.75 Å². The first-order valence-electron chi connectivity index (χ1n) is 11.0. The van der Waals surface area contributed by atoms with E-state index in [1.807, 2.05) is 6.92 Å². The normalized spacial score (nSPS) is 21.5. The maximum absolute atomic E-state index is 13.2. The topological polar surface area (TPSA) is 91.9 Å². The maximum Gasteiger partial charge on any atom is 0.323 e. The number of hydrogen-bond donors (Lipinski definition) is 3. The van der Waals surface area contributed by atoms with Crippen molar-refractivity contribution in [3.8, 4) is 5.75 Å². The Morgan fingerprint density at radius 2 is 1.79 bits per heavy atom. The quantitative estimate of drug-likeness (QED) is 0.557. The number of nitrogens with one attached hydrogen (secondary N) is 3. The van der Waals surface area contributed by atoms with Crippen LogP contribution in [0.25, 0.3) is 0 Å². The standard InChI is InChI=1S/C24H30Cl2N4O4/c1-14-11-27-15(2)13-34-21-10-18(5-6-20(21)23(31)30(3)12-22(14)33-4)28-24(32)29-19-8-16(25)7-17(26)9-19/h5-10,14-15,22,27H,11-13H2,1-4H3,(H2,28,29,32)/t14-,15+,22-/m0/s1. The van der Waals surface area contributed by atoms with Crippen molar-refractivity contribution in [2.75, 3.05) is 44.5 Å². The number of benzene rings is 2. The molecule has 3 atom stereocenters. The second-order valence-electron chi connectivity index (χ2n) is 8.51.